The molecule has 0 saturated heterocycles. The predicted octanol–water partition coefficient (Wildman–Crippen LogP) is 4.73. The zero-order valence-corrected chi connectivity index (χ0v) is 17.0. The van der Waals surface area contributed by atoms with E-state index in [4.69, 9.17) is 9.63 Å². The fourth-order valence-corrected chi connectivity index (χ4v) is 4.11. The molecular formula is C22H17F3N4O4. The summed E-state index contributed by atoms with van der Waals surface area (Å²) in [4.78, 5) is 22.7. The van der Waals surface area contributed by atoms with Crippen LogP contribution in [0.15, 0.2) is 41.1 Å². The first kappa shape index (κ1) is 21.0. The fraction of sp³-hybridized carbons (Fsp3) is 0.273. The third-order valence-corrected chi connectivity index (χ3v) is 5.56. The maximum atomic E-state index is 12.3. The summed E-state index contributed by atoms with van der Waals surface area (Å²) >= 11 is 0. The van der Waals surface area contributed by atoms with Gasteiger partial charge in [-0.2, -0.15) is 18.2 Å². The van der Waals surface area contributed by atoms with Gasteiger partial charge in [0, 0.05) is 40.3 Å². The lowest BCUT2D eigenvalue weighted by molar-refractivity contribution is -0.154. The number of halogens is 3. The monoisotopic (exact) mass is 458 g/mol. The maximum absolute atomic E-state index is 12.3. The van der Waals surface area contributed by atoms with Gasteiger partial charge in [-0.1, -0.05) is 5.16 Å². The summed E-state index contributed by atoms with van der Waals surface area (Å²) in [5.74, 6) is -0.495. The van der Waals surface area contributed by atoms with Crippen LogP contribution in [-0.2, 0) is 11.2 Å². The Morgan fingerprint density at radius 2 is 2.06 bits per heavy atom. The van der Waals surface area contributed by atoms with Crippen molar-refractivity contribution in [1.29, 1.82) is 0 Å². The molecule has 0 fully saturated rings. The van der Waals surface area contributed by atoms with E-state index >= 15 is 0 Å². The molecule has 2 N–H and O–H groups in total. The van der Waals surface area contributed by atoms with Crippen LogP contribution in [-0.4, -0.2) is 44.0 Å². The molecule has 4 aromatic rings. The Hall–Kier alpha value is -3.89. The van der Waals surface area contributed by atoms with Crippen molar-refractivity contribution in [2.24, 2.45) is 0 Å². The highest BCUT2D eigenvalue weighted by molar-refractivity contribution is 5.89. The lowest BCUT2D eigenvalue weighted by Gasteiger charge is -2.07. The zero-order chi connectivity index (χ0) is 23.2. The second-order valence-electron chi connectivity index (χ2n) is 7.82. The van der Waals surface area contributed by atoms with Crippen LogP contribution < -0.4 is 4.74 Å². The molecule has 33 heavy (non-hydrogen) atoms. The number of alkyl halides is 3. The minimum atomic E-state index is -4.44. The number of hydrogen-bond acceptors (Lipinski definition) is 6. The van der Waals surface area contributed by atoms with Crippen molar-refractivity contribution >= 4 is 16.9 Å². The lowest BCUT2D eigenvalue weighted by Crippen LogP contribution is -2.19. The lowest BCUT2D eigenvalue weighted by atomic mass is 10.0. The van der Waals surface area contributed by atoms with Crippen LogP contribution in [0.2, 0.25) is 0 Å². The van der Waals surface area contributed by atoms with Crippen molar-refractivity contribution in [2.75, 3.05) is 6.61 Å². The number of carbonyl (C=O) groups is 1. The quantitative estimate of drug-likeness (QED) is 0.429. The van der Waals surface area contributed by atoms with E-state index in [0.29, 0.717) is 11.4 Å². The largest absolute Gasteiger partial charge is 0.481 e. The van der Waals surface area contributed by atoms with Crippen LogP contribution in [0.3, 0.4) is 0 Å². The van der Waals surface area contributed by atoms with Crippen LogP contribution >= 0.6 is 0 Å². The number of ether oxygens (including phenoxy) is 1. The number of benzene rings is 1. The molecule has 0 amide bonds. The predicted molar refractivity (Wildman–Crippen MR) is 110 cm³/mol. The molecule has 0 saturated carbocycles. The van der Waals surface area contributed by atoms with E-state index in [0.717, 1.165) is 40.6 Å². The van der Waals surface area contributed by atoms with E-state index in [-0.39, 0.29) is 24.1 Å². The van der Waals surface area contributed by atoms with Gasteiger partial charge in [-0.15, -0.1) is 0 Å². The molecule has 1 aliphatic carbocycles. The zero-order valence-electron chi connectivity index (χ0n) is 17.0. The topological polar surface area (TPSA) is 114 Å². The molecule has 3 heterocycles. The highest BCUT2D eigenvalue weighted by Crippen LogP contribution is 2.40. The normalized spacial score (nSPS) is 15.7. The Labute approximate surface area is 184 Å². The minimum absolute atomic E-state index is 0.0271. The third kappa shape index (κ3) is 4.26. The molecule has 1 atom stereocenters. The van der Waals surface area contributed by atoms with Crippen LogP contribution in [0.25, 0.3) is 33.7 Å². The van der Waals surface area contributed by atoms with Crippen LogP contribution in [0.5, 0.6) is 5.88 Å². The standard InChI is InChI=1S/C22H17F3N4O4/c23-22(24,25)10-32-17-6-3-13(9-26-17)21-28-20(29-33-21)12-2-5-16-15(7-12)14-4-1-11(8-18(30)31)19(14)27-16/h2-3,5-7,9,11,27H,1,4,8,10H2,(H,30,31). The molecule has 0 radical (unpaired) electrons. The van der Waals surface area contributed by atoms with Crippen molar-refractivity contribution in [3.8, 4) is 28.7 Å². The number of carboxylic acid groups (broad SMARTS) is 1. The summed E-state index contributed by atoms with van der Waals surface area (Å²) in [7, 11) is 0. The Kier molecular flexibility index (Phi) is 5.03. The first-order valence-electron chi connectivity index (χ1n) is 10.1. The van der Waals surface area contributed by atoms with Gasteiger partial charge in [0.2, 0.25) is 11.7 Å². The van der Waals surface area contributed by atoms with Gasteiger partial charge in [0.1, 0.15) is 0 Å². The molecule has 3 aromatic heterocycles. The van der Waals surface area contributed by atoms with E-state index in [2.05, 4.69) is 24.8 Å². The fourth-order valence-electron chi connectivity index (χ4n) is 4.11. The summed E-state index contributed by atoms with van der Waals surface area (Å²) in [6.07, 6.45) is -1.47. The highest BCUT2D eigenvalue weighted by Gasteiger charge is 2.29. The van der Waals surface area contributed by atoms with Gasteiger partial charge >= 0.3 is 12.1 Å². The van der Waals surface area contributed by atoms with Gasteiger partial charge in [0.15, 0.2) is 6.61 Å². The molecule has 1 aliphatic rings. The summed E-state index contributed by atoms with van der Waals surface area (Å²) in [6.45, 7) is -1.42. The Morgan fingerprint density at radius 3 is 2.79 bits per heavy atom. The molecule has 170 valence electrons. The van der Waals surface area contributed by atoms with E-state index in [1.54, 1.807) is 0 Å². The number of aromatic amines is 1. The first-order valence-corrected chi connectivity index (χ1v) is 10.1. The smallest absolute Gasteiger partial charge is 0.422 e. The molecule has 11 heteroatoms. The average Bonchev–Trinajstić information content (AvgIpc) is 3.48. The molecule has 1 aromatic carbocycles. The second-order valence-corrected chi connectivity index (χ2v) is 7.82. The number of nitrogens with one attached hydrogen (secondary N) is 1. The van der Waals surface area contributed by atoms with Crippen LogP contribution in [0.1, 0.15) is 30.0 Å². The van der Waals surface area contributed by atoms with Crippen molar-refractivity contribution in [3.63, 3.8) is 0 Å². The van der Waals surface area contributed by atoms with E-state index in [9.17, 15) is 18.0 Å². The molecule has 8 nitrogen and oxygen atoms in total. The summed E-state index contributed by atoms with van der Waals surface area (Å²) < 4.78 is 46.7. The Morgan fingerprint density at radius 1 is 1.24 bits per heavy atom. The van der Waals surface area contributed by atoms with Crippen LogP contribution in [0, 0.1) is 0 Å². The Bertz CT molecular complexity index is 1330. The van der Waals surface area contributed by atoms with Crippen molar-refractivity contribution in [3.05, 3.63) is 47.8 Å². The summed E-state index contributed by atoms with van der Waals surface area (Å²) in [5, 5.41) is 14.1. The van der Waals surface area contributed by atoms with Gasteiger partial charge in [-0.25, -0.2) is 4.98 Å². The van der Waals surface area contributed by atoms with Gasteiger partial charge in [-0.3, -0.25) is 4.79 Å². The number of pyridine rings is 1. The highest BCUT2D eigenvalue weighted by atomic mass is 19.4. The molecule has 0 aliphatic heterocycles. The Balaban J connectivity index is 1.37. The summed E-state index contributed by atoms with van der Waals surface area (Å²) in [5.41, 5.74) is 4.16. The average molecular weight is 458 g/mol. The van der Waals surface area contributed by atoms with Gasteiger partial charge in [-0.05, 0) is 42.7 Å². The summed E-state index contributed by atoms with van der Waals surface area (Å²) in [6, 6.07) is 8.45. The van der Waals surface area contributed by atoms with E-state index in [1.165, 1.54) is 18.3 Å². The number of aryl methyl sites for hydroxylation is 1. The van der Waals surface area contributed by atoms with Gasteiger partial charge in [0.25, 0.3) is 5.89 Å². The van der Waals surface area contributed by atoms with Gasteiger partial charge < -0.3 is 19.4 Å². The SMILES string of the molecule is O=C(O)CC1CCc2c1[nH]c1ccc(-c3noc(-c4ccc(OCC(F)(F)F)nc4)n3)cc21. The van der Waals surface area contributed by atoms with Gasteiger partial charge in [0.05, 0.1) is 12.0 Å². The number of nitrogens with zero attached hydrogens (tertiary/aromatic N) is 3. The van der Waals surface area contributed by atoms with Crippen molar-refractivity contribution in [1.82, 2.24) is 20.1 Å². The van der Waals surface area contributed by atoms with E-state index < -0.39 is 18.8 Å². The number of rotatable bonds is 6. The third-order valence-electron chi connectivity index (χ3n) is 5.56. The second kappa shape index (κ2) is 7.91. The number of carboxylic acids is 1. The molecule has 1 unspecified atom stereocenters. The molecule has 5 rings (SSSR count). The number of fused-ring (bicyclic) bond motifs is 3. The van der Waals surface area contributed by atoms with E-state index in [1.807, 2.05) is 18.2 Å². The van der Waals surface area contributed by atoms with Crippen molar-refractivity contribution < 1.29 is 32.3 Å². The van der Waals surface area contributed by atoms with Crippen molar-refractivity contribution in [2.45, 2.75) is 31.4 Å². The number of H-pyrrole nitrogens is 1. The number of hydrogen-bond donors (Lipinski definition) is 2. The first-order chi connectivity index (χ1) is 15.8. The minimum Gasteiger partial charge on any atom is -0.481 e. The molecule has 0 bridgehead atoms. The molecular weight excluding hydrogens is 441 g/mol. The van der Waals surface area contributed by atoms with Crippen LogP contribution in [0.4, 0.5) is 13.2 Å². The maximum Gasteiger partial charge on any atom is 0.422 e. The molecule has 0 spiro atoms. The number of aromatic nitrogens is 4. The number of aliphatic carboxylic acids is 1.